The number of aromatic nitrogens is 1. The van der Waals surface area contributed by atoms with Crippen LogP contribution in [0.15, 0.2) is 48.7 Å². The molecule has 3 rings (SSSR count). The molecule has 4 nitrogen and oxygen atoms in total. The molecule has 3 aromatic rings. The zero-order valence-electron chi connectivity index (χ0n) is 15.5. The number of para-hydroxylation sites is 1. The molecule has 0 saturated carbocycles. The van der Waals surface area contributed by atoms with Gasteiger partial charge in [-0.05, 0) is 43.2 Å². The number of carbonyl (C=O) groups excluding carboxylic acids is 2. The molecule has 0 spiro atoms. The van der Waals surface area contributed by atoms with Crippen molar-refractivity contribution in [3.8, 4) is 0 Å². The lowest BCUT2D eigenvalue weighted by Gasteiger charge is -2.10. The zero-order valence-corrected chi connectivity index (χ0v) is 17.1. The molecule has 0 amide bonds. The zero-order chi connectivity index (χ0) is 20.3. The highest BCUT2D eigenvalue weighted by Gasteiger charge is 2.15. The molecule has 0 aliphatic heterocycles. The Bertz CT molecular complexity index is 1080. The summed E-state index contributed by atoms with van der Waals surface area (Å²) in [6, 6.07) is 11.0. The van der Waals surface area contributed by atoms with Gasteiger partial charge in [0, 0.05) is 39.8 Å². The SMILES string of the molecule is CCOC(=O)C=Cc1cccc2c(C(C)=O)cn(Cc3ccc(Cl)cc3Cl)c12. The lowest BCUT2D eigenvalue weighted by Crippen LogP contribution is -2.01. The summed E-state index contributed by atoms with van der Waals surface area (Å²) in [5.74, 6) is -0.442. The third-order valence-corrected chi connectivity index (χ3v) is 4.94. The van der Waals surface area contributed by atoms with Crippen molar-refractivity contribution >= 4 is 51.9 Å². The van der Waals surface area contributed by atoms with E-state index in [4.69, 9.17) is 27.9 Å². The predicted molar refractivity (Wildman–Crippen MR) is 113 cm³/mol. The molecule has 0 unspecified atom stereocenters. The maximum atomic E-state index is 12.2. The van der Waals surface area contributed by atoms with Crippen molar-refractivity contribution < 1.29 is 14.3 Å². The van der Waals surface area contributed by atoms with E-state index in [1.165, 1.54) is 13.0 Å². The number of carbonyl (C=O) groups is 2. The first kappa shape index (κ1) is 20.2. The van der Waals surface area contributed by atoms with Gasteiger partial charge in [-0.25, -0.2) is 4.79 Å². The molecule has 0 radical (unpaired) electrons. The quantitative estimate of drug-likeness (QED) is 0.291. The fourth-order valence-electron chi connectivity index (χ4n) is 3.11. The maximum absolute atomic E-state index is 12.2. The van der Waals surface area contributed by atoms with Crippen LogP contribution in [-0.2, 0) is 16.1 Å². The summed E-state index contributed by atoms with van der Waals surface area (Å²) in [6.45, 7) is 4.07. The number of esters is 1. The molecule has 0 atom stereocenters. The molecule has 144 valence electrons. The van der Waals surface area contributed by atoms with E-state index in [9.17, 15) is 9.59 Å². The van der Waals surface area contributed by atoms with Gasteiger partial charge in [-0.15, -0.1) is 0 Å². The van der Waals surface area contributed by atoms with E-state index in [1.54, 1.807) is 25.1 Å². The van der Waals surface area contributed by atoms with Crippen LogP contribution in [0.1, 0.15) is 35.3 Å². The molecular formula is C22H19Cl2NO3. The van der Waals surface area contributed by atoms with Crippen LogP contribution in [-0.4, -0.2) is 22.9 Å². The highest BCUT2D eigenvalue weighted by Crippen LogP contribution is 2.29. The lowest BCUT2D eigenvalue weighted by molar-refractivity contribution is -0.137. The van der Waals surface area contributed by atoms with Crippen LogP contribution in [0.25, 0.3) is 17.0 Å². The van der Waals surface area contributed by atoms with E-state index in [1.807, 2.05) is 35.0 Å². The Hall–Kier alpha value is -2.56. The number of rotatable bonds is 6. The number of benzene rings is 2. The Balaban J connectivity index is 2.13. The number of hydrogen-bond acceptors (Lipinski definition) is 3. The predicted octanol–water partition coefficient (Wildman–Crippen LogP) is 5.78. The number of ketones is 1. The minimum Gasteiger partial charge on any atom is -0.463 e. The van der Waals surface area contributed by atoms with Crippen molar-refractivity contribution in [3.63, 3.8) is 0 Å². The summed E-state index contributed by atoms with van der Waals surface area (Å²) in [7, 11) is 0. The Morgan fingerprint density at radius 1 is 1.18 bits per heavy atom. The normalized spacial score (nSPS) is 11.3. The van der Waals surface area contributed by atoms with Gasteiger partial charge in [0.25, 0.3) is 0 Å². The minimum absolute atomic E-state index is 0.0301. The summed E-state index contributed by atoms with van der Waals surface area (Å²) in [6.07, 6.45) is 4.90. The molecule has 2 aromatic carbocycles. The molecule has 0 aliphatic carbocycles. The van der Waals surface area contributed by atoms with Crippen LogP contribution >= 0.6 is 23.2 Å². The van der Waals surface area contributed by atoms with Crippen LogP contribution in [0.5, 0.6) is 0 Å². The van der Waals surface area contributed by atoms with Gasteiger partial charge in [0.05, 0.1) is 12.1 Å². The van der Waals surface area contributed by atoms with Crippen molar-refractivity contribution in [1.82, 2.24) is 4.57 Å². The van der Waals surface area contributed by atoms with Gasteiger partial charge in [-0.1, -0.05) is 47.5 Å². The highest BCUT2D eigenvalue weighted by molar-refractivity contribution is 6.35. The first-order valence-corrected chi connectivity index (χ1v) is 9.58. The summed E-state index contributed by atoms with van der Waals surface area (Å²) < 4.78 is 6.92. The average Bonchev–Trinajstić information content (AvgIpc) is 3.02. The van der Waals surface area contributed by atoms with Gasteiger partial charge in [-0.2, -0.15) is 0 Å². The van der Waals surface area contributed by atoms with Crippen molar-refractivity contribution in [2.45, 2.75) is 20.4 Å². The van der Waals surface area contributed by atoms with Gasteiger partial charge >= 0.3 is 5.97 Å². The first-order valence-electron chi connectivity index (χ1n) is 8.82. The number of Topliss-reactive ketones (excluding diaryl/α,β-unsaturated/α-hetero) is 1. The van der Waals surface area contributed by atoms with E-state index >= 15 is 0 Å². The smallest absolute Gasteiger partial charge is 0.330 e. The van der Waals surface area contributed by atoms with Gasteiger partial charge in [-0.3, -0.25) is 4.79 Å². The van der Waals surface area contributed by atoms with Crippen LogP contribution in [0.3, 0.4) is 0 Å². The number of hydrogen-bond donors (Lipinski definition) is 0. The van der Waals surface area contributed by atoms with E-state index in [2.05, 4.69) is 0 Å². The summed E-state index contributed by atoms with van der Waals surface area (Å²) in [4.78, 5) is 23.9. The molecule has 0 bridgehead atoms. The van der Waals surface area contributed by atoms with E-state index in [0.29, 0.717) is 28.8 Å². The number of fused-ring (bicyclic) bond motifs is 1. The standard InChI is InChI=1S/C22H19Cl2NO3/c1-3-28-21(27)10-8-15-5-4-6-18-19(14(2)26)13-25(22(15)18)12-16-7-9-17(23)11-20(16)24/h4-11,13H,3,12H2,1-2H3. The van der Waals surface area contributed by atoms with E-state index in [0.717, 1.165) is 22.0 Å². The van der Waals surface area contributed by atoms with Crippen LogP contribution in [0, 0.1) is 0 Å². The van der Waals surface area contributed by atoms with Gasteiger partial charge in [0.15, 0.2) is 5.78 Å². The summed E-state index contributed by atoms with van der Waals surface area (Å²) in [5, 5.41) is 1.94. The van der Waals surface area contributed by atoms with Crippen LogP contribution in [0.4, 0.5) is 0 Å². The van der Waals surface area contributed by atoms with E-state index < -0.39 is 5.97 Å². The topological polar surface area (TPSA) is 48.3 Å². The number of ether oxygens (including phenoxy) is 1. The molecule has 0 saturated heterocycles. The van der Waals surface area contributed by atoms with Crippen molar-refractivity contribution in [3.05, 3.63) is 75.4 Å². The molecule has 1 heterocycles. The molecule has 28 heavy (non-hydrogen) atoms. The molecule has 0 N–H and O–H groups in total. The van der Waals surface area contributed by atoms with Crippen LogP contribution < -0.4 is 0 Å². The Labute approximate surface area is 173 Å². The fourth-order valence-corrected chi connectivity index (χ4v) is 3.58. The first-order chi connectivity index (χ1) is 13.4. The highest BCUT2D eigenvalue weighted by atomic mass is 35.5. The average molecular weight is 416 g/mol. The Kier molecular flexibility index (Phi) is 6.22. The second-order valence-corrected chi connectivity index (χ2v) is 7.14. The van der Waals surface area contributed by atoms with Gasteiger partial charge in [0.2, 0.25) is 0 Å². The summed E-state index contributed by atoms with van der Waals surface area (Å²) >= 11 is 12.3. The second kappa shape index (κ2) is 8.63. The molecule has 6 heteroatoms. The fraction of sp³-hybridized carbons (Fsp3) is 0.182. The van der Waals surface area contributed by atoms with Gasteiger partial charge < -0.3 is 9.30 Å². The third kappa shape index (κ3) is 4.29. The maximum Gasteiger partial charge on any atom is 0.330 e. The van der Waals surface area contributed by atoms with Crippen molar-refractivity contribution in [1.29, 1.82) is 0 Å². The molecular weight excluding hydrogens is 397 g/mol. The Morgan fingerprint density at radius 2 is 1.96 bits per heavy atom. The number of halogens is 2. The summed E-state index contributed by atoms with van der Waals surface area (Å²) in [5.41, 5.74) is 3.15. The molecule has 0 fully saturated rings. The van der Waals surface area contributed by atoms with Crippen molar-refractivity contribution in [2.75, 3.05) is 6.61 Å². The minimum atomic E-state index is -0.412. The second-order valence-electron chi connectivity index (χ2n) is 6.29. The van der Waals surface area contributed by atoms with E-state index in [-0.39, 0.29) is 5.78 Å². The molecule has 0 aliphatic rings. The van der Waals surface area contributed by atoms with Crippen molar-refractivity contribution in [2.24, 2.45) is 0 Å². The number of nitrogens with zero attached hydrogens (tertiary/aromatic N) is 1. The lowest BCUT2D eigenvalue weighted by atomic mass is 10.1. The largest absolute Gasteiger partial charge is 0.463 e. The van der Waals surface area contributed by atoms with Crippen LogP contribution in [0.2, 0.25) is 10.0 Å². The monoisotopic (exact) mass is 415 g/mol. The van der Waals surface area contributed by atoms with Gasteiger partial charge in [0.1, 0.15) is 0 Å². The Morgan fingerprint density at radius 3 is 2.64 bits per heavy atom. The third-order valence-electron chi connectivity index (χ3n) is 4.35. The molecule has 1 aromatic heterocycles.